The molecule has 4 rings (SSSR count). The van der Waals surface area contributed by atoms with Gasteiger partial charge in [-0.25, -0.2) is 0 Å². The van der Waals surface area contributed by atoms with Gasteiger partial charge in [0.05, 0.1) is 11.4 Å². The van der Waals surface area contributed by atoms with Crippen molar-refractivity contribution >= 4 is 36.2 Å². The van der Waals surface area contributed by atoms with Crippen LogP contribution in [-0.2, 0) is 10.8 Å². The summed E-state index contributed by atoms with van der Waals surface area (Å²) in [5.41, 5.74) is 9.20. The zero-order chi connectivity index (χ0) is 37.2. The molecule has 50 heavy (non-hydrogen) atoms. The van der Waals surface area contributed by atoms with Crippen LogP contribution in [0.2, 0.25) is 0 Å². The van der Waals surface area contributed by atoms with Crippen LogP contribution in [0.4, 0.5) is 0 Å². The Hall–Kier alpha value is -5.36. The fraction of sp³-hybridized carbons (Fsp3) is 0.273. The Balaban J connectivity index is 0.00000332. The van der Waals surface area contributed by atoms with Gasteiger partial charge in [-0.2, -0.15) is 0 Å². The average molecular weight is 669 g/mol. The Kier molecular flexibility index (Phi) is 13.2. The Morgan fingerprint density at radius 3 is 1.48 bits per heavy atom. The van der Waals surface area contributed by atoms with Crippen LogP contribution in [0.15, 0.2) is 95.8 Å². The predicted molar refractivity (Wildman–Crippen MR) is 216 cm³/mol. The highest BCUT2D eigenvalue weighted by atomic mass is 16.3. The van der Waals surface area contributed by atoms with Crippen LogP contribution >= 0.6 is 0 Å². The summed E-state index contributed by atoms with van der Waals surface area (Å²) in [7, 11) is 1.72. The molecule has 2 heterocycles. The number of phenols is 2. The molecule has 0 amide bonds. The molecule has 0 fully saturated rings. The van der Waals surface area contributed by atoms with Crippen LogP contribution in [0.3, 0.4) is 0 Å². The van der Waals surface area contributed by atoms with Gasteiger partial charge in [0.25, 0.3) is 0 Å². The van der Waals surface area contributed by atoms with Gasteiger partial charge in [0.15, 0.2) is 0 Å². The molecule has 6 heteroatoms. The second-order valence-electron chi connectivity index (χ2n) is 13.7. The molecule has 0 bridgehead atoms. The molecule has 0 aliphatic rings. The highest BCUT2D eigenvalue weighted by Gasteiger charge is 2.22. The number of hydrogen-bond donors (Lipinski definition) is 2. The SMILES string of the molecule is C=C/C(=C\N=C)c1cc(C(C)(C)C)cc(-c2ccc(/C=C\c3ccc(-c4cc(C(C)(C)C)cc(/C(C=NC)=C/C)c4O)nc3)cn2)c1O.CC. The first-order valence-electron chi connectivity index (χ1n) is 16.9. The van der Waals surface area contributed by atoms with E-state index in [0.29, 0.717) is 33.7 Å². The molecule has 260 valence electrons. The number of allylic oxidation sites excluding steroid dienone is 4. The number of aromatic nitrogens is 2. The second kappa shape index (κ2) is 16.8. The van der Waals surface area contributed by atoms with E-state index in [2.05, 4.69) is 64.8 Å². The van der Waals surface area contributed by atoms with Crippen molar-refractivity contribution in [3.05, 3.63) is 119 Å². The number of benzene rings is 2. The van der Waals surface area contributed by atoms with Gasteiger partial charge >= 0.3 is 0 Å². The van der Waals surface area contributed by atoms with Gasteiger partial charge in [0.2, 0.25) is 0 Å². The van der Waals surface area contributed by atoms with Crippen LogP contribution < -0.4 is 0 Å². The smallest absolute Gasteiger partial charge is 0.132 e. The average Bonchev–Trinajstić information content (AvgIpc) is 3.09. The minimum Gasteiger partial charge on any atom is -0.507 e. The monoisotopic (exact) mass is 668 g/mol. The van der Waals surface area contributed by atoms with E-state index in [0.717, 1.165) is 33.4 Å². The summed E-state index contributed by atoms with van der Waals surface area (Å²) in [6, 6.07) is 15.8. The first-order chi connectivity index (χ1) is 23.7. The Bertz CT molecular complexity index is 1930. The molecule has 2 N–H and O–H groups in total. The van der Waals surface area contributed by atoms with Crippen LogP contribution in [0.1, 0.15) is 95.7 Å². The maximum Gasteiger partial charge on any atom is 0.132 e. The molecular weight excluding hydrogens is 617 g/mol. The normalized spacial score (nSPS) is 12.6. The standard InChI is InChI=1S/C42H46N4O2.C2H6/c1-11-29(25-43-9)33-19-31(41(3,4)5)21-35(39(33)47)37-17-15-27(23-45-37)13-14-28-16-18-38(46-24-28)36-22-32(42(6,7)8)20-34(40(36)48)30(12-2)26-44-10;1-2/h11-26,47-48H,1,9H2,2-8,10H3;1-2H3/b14-13-,29-25+,30-12+,44-26?;. The van der Waals surface area contributed by atoms with Crippen LogP contribution in [0, 0.1) is 0 Å². The molecule has 0 aliphatic heterocycles. The topological polar surface area (TPSA) is 91.0 Å². The van der Waals surface area contributed by atoms with Gasteiger partial charge in [0, 0.05) is 59.7 Å². The molecule has 0 radical (unpaired) electrons. The number of phenolic OH excluding ortho intramolecular Hbond substituents is 2. The molecular formula is C44H52N4O2. The van der Waals surface area contributed by atoms with Crippen molar-refractivity contribution in [3.8, 4) is 34.0 Å². The Morgan fingerprint density at radius 1 is 0.720 bits per heavy atom. The van der Waals surface area contributed by atoms with Crippen molar-refractivity contribution in [2.45, 2.75) is 73.1 Å². The van der Waals surface area contributed by atoms with Gasteiger partial charge in [0.1, 0.15) is 11.5 Å². The fourth-order valence-electron chi connectivity index (χ4n) is 5.25. The fourth-order valence-corrected chi connectivity index (χ4v) is 5.25. The summed E-state index contributed by atoms with van der Waals surface area (Å²) < 4.78 is 0. The summed E-state index contributed by atoms with van der Waals surface area (Å²) >= 11 is 0. The summed E-state index contributed by atoms with van der Waals surface area (Å²) in [4.78, 5) is 17.5. The van der Waals surface area contributed by atoms with Gasteiger partial charge in [-0.15, -0.1) is 0 Å². The van der Waals surface area contributed by atoms with Crippen LogP contribution in [0.25, 0.3) is 45.8 Å². The molecule has 0 aliphatic carbocycles. The zero-order valence-corrected chi connectivity index (χ0v) is 31.3. The third-order valence-electron chi connectivity index (χ3n) is 8.20. The van der Waals surface area contributed by atoms with E-state index in [9.17, 15) is 10.2 Å². The van der Waals surface area contributed by atoms with Crippen LogP contribution in [0.5, 0.6) is 11.5 Å². The van der Waals surface area contributed by atoms with Crippen molar-refractivity contribution < 1.29 is 10.2 Å². The Morgan fingerprint density at radius 2 is 1.16 bits per heavy atom. The van der Waals surface area contributed by atoms with Crippen molar-refractivity contribution in [1.29, 1.82) is 0 Å². The van der Waals surface area contributed by atoms with Crippen molar-refractivity contribution in [3.63, 3.8) is 0 Å². The van der Waals surface area contributed by atoms with Gasteiger partial charge < -0.3 is 10.2 Å². The number of rotatable bonds is 9. The predicted octanol–water partition coefficient (Wildman–Crippen LogP) is 11.3. The molecule has 0 atom stereocenters. The lowest BCUT2D eigenvalue weighted by Crippen LogP contribution is -2.12. The molecule has 2 aromatic carbocycles. The molecule has 6 nitrogen and oxygen atoms in total. The number of pyridine rings is 2. The highest BCUT2D eigenvalue weighted by Crippen LogP contribution is 2.41. The Labute approximate surface area is 299 Å². The first kappa shape index (κ1) is 39.1. The minimum atomic E-state index is -0.160. The number of hydrogen-bond acceptors (Lipinski definition) is 6. The highest BCUT2D eigenvalue weighted by molar-refractivity contribution is 6.11. The molecule has 2 aromatic heterocycles. The summed E-state index contributed by atoms with van der Waals surface area (Å²) in [6.07, 6.45) is 14.5. The lowest BCUT2D eigenvalue weighted by Gasteiger charge is -2.22. The van der Waals surface area contributed by atoms with E-state index in [1.54, 1.807) is 37.9 Å². The quantitative estimate of drug-likeness (QED) is 0.137. The number of nitrogens with zero attached hydrogens (tertiary/aromatic N) is 4. The van der Waals surface area contributed by atoms with Crippen molar-refractivity contribution in [2.24, 2.45) is 9.98 Å². The van der Waals surface area contributed by atoms with E-state index in [1.807, 2.05) is 87.5 Å². The first-order valence-corrected chi connectivity index (χ1v) is 16.9. The molecule has 4 aromatic rings. The van der Waals surface area contributed by atoms with Gasteiger partial charge in [-0.05, 0) is 88.7 Å². The molecule has 0 saturated carbocycles. The van der Waals surface area contributed by atoms with Crippen molar-refractivity contribution in [1.82, 2.24) is 9.97 Å². The zero-order valence-electron chi connectivity index (χ0n) is 31.3. The van der Waals surface area contributed by atoms with E-state index < -0.39 is 0 Å². The number of aliphatic imine (C=N–C) groups is 2. The maximum absolute atomic E-state index is 11.3. The van der Waals surface area contributed by atoms with E-state index in [-0.39, 0.29) is 22.3 Å². The van der Waals surface area contributed by atoms with E-state index in [1.165, 1.54) is 0 Å². The third-order valence-corrected chi connectivity index (χ3v) is 8.20. The number of aromatic hydroxyl groups is 2. The lowest BCUT2D eigenvalue weighted by molar-refractivity contribution is 0.473. The summed E-state index contributed by atoms with van der Waals surface area (Å²) in [5, 5.41) is 22.6. The summed E-state index contributed by atoms with van der Waals surface area (Å²) in [5.74, 6) is 0.296. The molecule has 0 saturated heterocycles. The summed E-state index contributed by atoms with van der Waals surface area (Å²) in [6.45, 7) is 26.2. The van der Waals surface area contributed by atoms with Crippen molar-refractivity contribution in [2.75, 3.05) is 7.05 Å². The second-order valence-corrected chi connectivity index (χ2v) is 13.7. The van der Waals surface area contributed by atoms with Gasteiger partial charge in [-0.1, -0.05) is 98.4 Å². The molecule has 0 spiro atoms. The maximum atomic E-state index is 11.3. The lowest BCUT2D eigenvalue weighted by atomic mass is 9.83. The van der Waals surface area contributed by atoms with Crippen LogP contribution in [-0.4, -0.2) is 40.2 Å². The third kappa shape index (κ3) is 9.20. The van der Waals surface area contributed by atoms with E-state index in [4.69, 9.17) is 9.97 Å². The van der Waals surface area contributed by atoms with E-state index >= 15 is 0 Å². The minimum absolute atomic E-state index is 0.117. The molecule has 0 unspecified atom stereocenters. The van der Waals surface area contributed by atoms with Gasteiger partial charge in [-0.3, -0.25) is 20.0 Å². The largest absolute Gasteiger partial charge is 0.507 e.